The molecule has 1 saturated heterocycles. The number of fused-ring (bicyclic) bond motifs is 3. The van der Waals surface area contributed by atoms with E-state index in [0.29, 0.717) is 6.04 Å². The van der Waals surface area contributed by atoms with Crippen LogP contribution in [0.15, 0.2) is 77.9 Å². The molecule has 0 spiro atoms. The molecule has 140 valence electrons. The van der Waals surface area contributed by atoms with Crippen LogP contribution in [0.2, 0.25) is 0 Å². The molecule has 0 saturated carbocycles. The van der Waals surface area contributed by atoms with Gasteiger partial charge in [0.2, 0.25) is 0 Å². The van der Waals surface area contributed by atoms with Crippen molar-refractivity contribution in [1.29, 1.82) is 0 Å². The van der Waals surface area contributed by atoms with E-state index in [0.717, 1.165) is 26.2 Å². The van der Waals surface area contributed by atoms with Crippen molar-refractivity contribution in [1.82, 2.24) is 9.91 Å². The SMILES string of the molecule is Cc1cccc(/C=N/N2CCN(C3c4ccccc4-c4ccccc43)CC2)c1. The van der Waals surface area contributed by atoms with Crippen LogP contribution >= 0.6 is 0 Å². The van der Waals surface area contributed by atoms with E-state index in [1.54, 1.807) is 0 Å². The zero-order valence-electron chi connectivity index (χ0n) is 16.3. The van der Waals surface area contributed by atoms with Crippen LogP contribution in [0.4, 0.5) is 0 Å². The van der Waals surface area contributed by atoms with E-state index in [2.05, 4.69) is 89.6 Å². The largest absolute Gasteiger partial charge is 0.294 e. The van der Waals surface area contributed by atoms with Crippen molar-refractivity contribution in [3.05, 3.63) is 95.1 Å². The van der Waals surface area contributed by atoms with Gasteiger partial charge in [-0.05, 0) is 34.7 Å². The van der Waals surface area contributed by atoms with Crippen LogP contribution < -0.4 is 0 Å². The lowest BCUT2D eigenvalue weighted by Gasteiger charge is -2.37. The van der Waals surface area contributed by atoms with Gasteiger partial charge in [-0.3, -0.25) is 9.91 Å². The summed E-state index contributed by atoms with van der Waals surface area (Å²) < 4.78 is 0. The van der Waals surface area contributed by atoms with Crippen molar-refractivity contribution in [3.63, 3.8) is 0 Å². The fourth-order valence-corrected chi connectivity index (χ4v) is 4.51. The van der Waals surface area contributed by atoms with Crippen LogP contribution in [-0.4, -0.2) is 42.3 Å². The van der Waals surface area contributed by atoms with E-state index in [4.69, 9.17) is 5.10 Å². The van der Waals surface area contributed by atoms with Crippen LogP contribution in [0.5, 0.6) is 0 Å². The summed E-state index contributed by atoms with van der Waals surface area (Å²) in [4.78, 5) is 2.61. The molecule has 0 atom stereocenters. The van der Waals surface area contributed by atoms with Crippen LogP contribution in [0.1, 0.15) is 28.3 Å². The third-order valence-electron chi connectivity index (χ3n) is 5.87. The molecule has 0 bridgehead atoms. The maximum Gasteiger partial charge on any atom is 0.0615 e. The first kappa shape index (κ1) is 17.2. The van der Waals surface area contributed by atoms with E-state index in [-0.39, 0.29) is 0 Å². The Morgan fingerprint density at radius 2 is 1.43 bits per heavy atom. The Morgan fingerprint density at radius 1 is 0.786 bits per heavy atom. The van der Waals surface area contributed by atoms with Crippen molar-refractivity contribution >= 4 is 6.21 Å². The van der Waals surface area contributed by atoms with Crippen molar-refractivity contribution in [2.24, 2.45) is 5.10 Å². The summed E-state index contributed by atoms with van der Waals surface area (Å²) >= 11 is 0. The topological polar surface area (TPSA) is 18.8 Å². The lowest BCUT2D eigenvalue weighted by Crippen LogP contribution is -2.45. The number of rotatable bonds is 3. The molecule has 1 fully saturated rings. The van der Waals surface area contributed by atoms with Crippen LogP contribution in [0.3, 0.4) is 0 Å². The maximum atomic E-state index is 4.73. The molecule has 0 aromatic heterocycles. The minimum atomic E-state index is 0.371. The molecule has 28 heavy (non-hydrogen) atoms. The first-order valence-corrected chi connectivity index (χ1v) is 10.1. The number of piperazine rings is 1. The summed E-state index contributed by atoms with van der Waals surface area (Å²) in [6.45, 7) is 6.09. The Morgan fingerprint density at radius 3 is 2.07 bits per heavy atom. The summed E-state index contributed by atoms with van der Waals surface area (Å²) in [6.07, 6.45) is 1.99. The van der Waals surface area contributed by atoms with Gasteiger partial charge in [0, 0.05) is 26.2 Å². The molecule has 5 rings (SSSR count). The minimum absolute atomic E-state index is 0.371. The Hall–Kier alpha value is -2.91. The molecule has 3 heteroatoms. The number of aryl methyl sites for hydroxylation is 1. The van der Waals surface area contributed by atoms with Gasteiger partial charge in [0.25, 0.3) is 0 Å². The summed E-state index contributed by atoms with van der Waals surface area (Å²) in [5.74, 6) is 0. The van der Waals surface area contributed by atoms with Gasteiger partial charge < -0.3 is 0 Å². The monoisotopic (exact) mass is 367 g/mol. The molecule has 3 nitrogen and oxygen atoms in total. The number of hydrogen-bond acceptors (Lipinski definition) is 3. The molecule has 3 aromatic rings. The Bertz CT molecular complexity index is 970. The van der Waals surface area contributed by atoms with E-state index in [9.17, 15) is 0 Å². The molecule has 0 N–H and O–H groups in total. The van der Waals surface area contributed by atoms with Gasteiger partial charge in [-0.2, -0.15) is 5.10 Å². The van der Waals surface area contributed by atoms with Crippen LogP contribution in [0.25, 0.3) is 11.1 Å². The van der Waals surface area contributed by atoms with Gasteiger partial charge >= 0.3 is 0 Å². The molecule has 3 aromatic carbocycles. The number of benzene rings is 3. The normalized spacial score (nSPS) is 17.1. The first-order chi connectivity index (χ1) is 13.8. The quantitative estimate of drug-likeness (QED) is 0.624. The van der Waals surface area contributed by atoms with E-state index >= 15 is 0 Å². The van der Waals surface area contributed by atoms with Crippen molar-refractivity contribution in [2.45, 2.75) is 13.0 Å². The number of hydrogen-bond donors (Lipinski definition) is 0. The van der Waals surface area contributed by atoms with Gasteiger partial charge in [0.1, 0.15) is 0 Å². The van der Waals surface area contributed by atoms with E-state index in [1.807, 2.05) is 6.21 Å². The fraction of sp³-hybridized carbons (Fsp3) is 0.240. The highest BCUT2D eigenvalue weighted by atomic mass is 15.5. The van der Waals surface area contributed by atoms with Gasteiger partial charge in [0.05, 0.1) is 12.3 Å². The summed E-state index contributed by atoms with van der Waals surface area (Å²) in [7, 11) is 0. The van der Waals surface area contributed by atoms with Gasteiger partial charge in [0.15, 0.2) is 0 Å². The van der Waals surface area contributed by atoms with E-state index in [1.165, 1.54) is 33.4 Å². The second kappa shape index (κ2) is 7.25. The van der Waals surface area contributed by atoms with Crippen molar-refractivity contribution in [3.8, 4) is 11.1 Å². The Kier molecular flexibility index (Phi) is 4.46. The van der Waals surface area contributed by atoms with Crippen LogP contribution in [0, 0.1) is 6.92 Å². The fourth-order valence-electron chi connectivity index (χ4n) is 4.51. The molecule has 0 unspecified atom stereocenters. The Labute approximate surface area is 166 Å². The summed E-state index contributed by atoms with van der Waals surface area (Å²) in [5, 5.41) is 6.93. The lowest BCUT2D eigenvalue weighted by atomic mass is 10.0. The number of nitrogens with zero attached hydrogens (tertiary/aromatic N) is 3. The smallest absolute Gasteiger partial charge is 0.0615 e. The zero-order valence-corrected chi connectivity index (χ0v) is 16.3. The highest BCUT2D eigenvalue weighted by molar-refractivity contribution is 5.80. The lowest BCUT2D eigenvalue weighted by molar-refractivity contribution is 0.114. The molecular formula is C25H25N3. The minimum Gasteiger partial charge on any atom is -0.294 e. The second-order valence-electron chi connectivity index (χ2n) is 7.73. The maximum absolute atomic E-state index is 4.73. The van der Waals surface area contributed by atoms with Crippen molar-refractivity contribution in [2.75, 3.05) is 26.2 Å². The highest BCUT2D eigenvalue weighted by Gasteiger charge is 2.33. The standard InChI is InChI=1S/C25H25N3/c1-19-7-6-8-20(17-19)18-26-28-15-13-27(14-16-28)25-23-11-4-2-9-21(23)22-10-3-5-12-24(22)25/h2-12,17-18,25H,13-16H2,1H3/b26-18+. The highest BCUT2D eigenvalue weighted by Crippen LogP contribution is 2.46. The molecule has 1 aliphatic carbocycles. The first-order valence-electron chi connectivity index (χ1n) is 10.1. The molecular weight excluding hydrogens is 342 g/mol. The molecule has 2 aliphatic rings. The summed E-state index contributed by atoms with van der Waals surface area (Å²) in [6, 6.07) is 26.6. The van der Waals surface area contributed by atoms with Gasteiger partial charge in [-0.1, -0.05) is 78.4 Å². The molecule has 1 heterocycles. The second-order valence-corrected chi connectivity index (χ2v) is 7.73. The van der Waals surface area contributed by atoms with Gasteiger partial charge in [-0.25, -0.2) is 0 Å². The third kappa shape index (κ3) is 3.12. The molecule has 0 radical (unpaired) electrons. The van der Waals surface area contributed by atoms with Crippen LogP contribution in [-0.2, 0) is 0 Å². The average Bonchev–Trinajstić information content (AvgIpc) is 3.07. The third-order valence-corrected chi connectivity index (χ3v) is 5.87. The Balaban J connectivity index is 1.32. The predicted octanol–water partition coefficient (Wildman–Crippen LogP) is 4.72. The average molecular weight is 367 g/mol. The summed E-state index contributed by atoms with van der Waals surface area (Å²) in [5.41, 5.74) is 8.11. The predicted molar refractivity (Wildman–Crippen MR) is 116 cm³/mol. The molecule has 0 amide bonds. The number of hydrazone groups is 1. The zero-order chi connectivity index (χ0) is 18.9. The van der Waals surface area contributed by atoms with Gasteiger partial charge in [-0.15, -0.1) is 0 Å². The van der Waals surface area contributed by atoms with E-state index < -0.39 is 0 Å². The van der Waals surface area contributed by atoms with Crippen molar-refractivity contribution < 1.29 is 0 Å². The molecule has 1 aliphatic heterocycles.